The van der Waals surface area contributed by atoms with Crippen molar-refractivity contribution in [2.45, 2.75) is 18.3 Å². The molecular formula is C11H16ClN. The molecule has 1 rings (SSSR count). The van der Waals surface area contributed by atoms with Gasteiger partial charge in [-0.3, -0.25) is 0 Å². The van der Waals surface area contributed by atoms with E-state index in [1.807, 2.05) is 32.3 Å². The van der Waals surface area contributed by atoms with E-state index in [0.717, 1.165) is 0 Å². The predicted molar refractivity (Wildman–Crippen MR) is 58.2 cm³/mol. The average Bonchev–Trinajstić information content (AvgIpc) is 2.17. The highest BCUT2D eigenvalue weighted by atomic mass is 35.5. The summed E-state index contributed by atoms with van der Waals surface area (Å²) >= 11 is 6.31. The maximum absolute atomic E-state index is 6.31. The van der Waals surface area contributed by atoms with Crippen LogP contribution in [0.5, 0.6) is 0 Å². The summed E-state index contributed by atoms with van der Waals surface area (Å²) in [4.78, 5) is 2.13. The number of alkyl halides is 1. The molecule has 1 unspecified atom stereocenters. The molecule has 0 aliphatic carbocycles. The molecule has 13 heavy (non-hydrogen) atoms. The van der Waals surface area contributed by atoms with E-state index in [1.54, 1.807) is 0 Å². The van der Waals surface area contributed by atoms with E-state index in [-0.39, 0.29) is 5.38 Å². The first-order valence-corrected chi connectivity index (χ1v) is 4.92. The van der Waals surface area contributed by atoms with E-state index in [2.05, 4.69) is 24.0 Å². The van der Waals surface area contributed by atoms with E-state index in [1.165, 1.54) is 5.56 Å². The number of rotatable bonds is 3. The van der Waals surface area contributed by atoms with Crippen LogP contribution in [0.25, 0.3) is 0 Å². The highest BCUT2D eigenvalue weighted by molar-refractivity contribution is 6.21. The number of halogens is 1. The molecule has 0 fully saturated rings. The number of likely N-dealkylation sites (N-methyl/N-ethyl adjacent to an activating group) is 1. The van der Waals surface area contributed by atoms with Gasteiger partial charge >= 0.3 is 0 Å². The molecule has 0 aromatic heterocycles. The minimum absolute atomic E-state index is 0.0659. The van der Waals surface area contributed by atoms with E-state index in [9.17, 15) is 0 Å². The number of hydrogen-bond donors (Lipinski definition) is 0. The Labute approximate surface area is 85.3 Å². The first-order chi connectivity index (χ1) is 6.13. The van der Waals surface area contributed by atoms with Crippen LogP contribution in [0.4, 0.5) is 0 Å². The summed E-state index contributed by atoms with van der Waals surface area (Å²) in [5.74, 6) is 0. The molecule has 1 aromatic carbocycles. The van der Waals surface area contributed by atoms with Crippen molar-refractivity contribution in [1.82, 2.24) is 4.90 Å². The molecule has 0 aliphatic heterocycles. The fraction of sp³-hybridized carbons (Fsp3) is 0.455. The molecule has 1 nitrogen and oxygen atoms in total. The van der Waals surface area contributed by atoms with Gasteiger partial charge in [0.1, 0.15) is 0 Å². The molecule has 0 saturated carbocycles. The number of benzene rings is 1. The fourth-order valence-electron chi connectivity index (χ4n) is 1.18. The summed E-state index contributed by atoms with van der Waals surface area (Å²) in [6.07, 6.45) is 0. The van der Waals surface area contributed by atoms with Crippen molar-refractivity contribution < 1.29 is 0 Å². The van der Waals surface area contributed by atoms with Crippen molar-refractivity contribution in [2.75, 3.05) is 14.1 Å². The first-order valence-electron chi connectivity index (χ1n) is 4.48. The minimum Gasteiger partial charge on any atom is -0.305 e. The van der Waals surface area contributed by atoms with Crippen LogP contribution in [0.3, 0.4) is 0 Å². The summed E-state index contributed by atoms with van der Waals surface area (Å²) in [5.41, 5.74) is 1.19. The van der Waals surface area contributed by atoms with Gasteiger partial charge in [0, 0.05) is 6.04 Å². The molecule has 0 saturated heterocycles. The van der Waals surface area contributed by atoms with Gasteiger partial charge in [-0.05, 0) is 26.6 Å². The van der Waals surface area contributed by atoms with Crippen molar-refractivity contribution in [2.24, 2.45) is 0 Å². The fourth-order valence-corrected chi connectivity index (χ4v) is 1.55. The molecule has 0 amide bonds. The van der Waals surface area contributed by atoms with Crippen LogP contribution in [-0.4, -0.2) is 25.0 Å². The molecule has 0 heterocycles. The second-order valence-electron chi connectivity index (χ2n) is 3.52. The third-order valence-electron chi connectivity index (χ3n) is 2.36. The number of nitrogens with zero attached hydrogens (tertiary/aromatic N) is 1. The largest absolute Gasteiger partial charge is 0.305 e. The van der Waals surface area contributed by atoms with E-state index >= 15 is 0 Å². The first kappa shape index (κ1) is 10.6. The lowest BCUT2D eigenvalue weighted by atomic mass is 10.1. The lowest BCUT2D eigenvalue weighted by Gasteiger charge is -2.24. The van der Waals surface area contributed by atoms with Crippen LogP contribution >= 0.6 is 11.6 Å². The normalized spacial score (nSPS) is 15.8. The molecule has 0 bridgehead atoms. The van der Waals surface area contributed by atoms with Gasteiger partial charge in [-0.1, -0.05) is 30.3 Å². The Bertz CT molecular complexity index is 246. The molecule has 1 aromatic rings. The molecule has 0 aliphatic rings. The highest BCUT2D eigenvalue weighted by Crippen LogP contribution is 2.25. The van der Waals surface area contributed by atoms with Crippen LogP contribution in [0, 0.1) is 0 Å². The van der Waals surface area contributed by atoms with Gasteiger partial charge in [0.15, 0.2) is 0 Å². The Hall–Kier alpha value is -0.530. The molecule has 0 N–H and O–H groups in total. The second-order valence-corrected chi connectivity index (χ2v) is 3.99. The maximum atomic E-state index is 6.31. The van der Waals surface area contributed by atoms with E-state index in [0.29, 0.717) is 6.04 Å². The average molecular weight is 198 g/mol. The van der Waals surface area contributed by atoms with Gasteiger partial charge < -0.3 is 4.90 Å². The standard InChI is InChI=1S/C11H16ClN/c1-9(13(2)3)11(12)10-7-5-4-6-8-10/h4-9,11H,1-3H3/t9?,11-/m0/s1. The number of hydrogen-bond acceptors (Lipinski definition) is 1. The van der Waals surface area contributed by atoms with Crippen LogP contribution in [-0.2, 0) is 0 Å². The summed E-state index contributed by atoms with van der Waals surface area (Å²) in [7, 11) is 4.09. The zero-order chi connectivity index (χ0) is 9.84. The predicted octanol–water partition coefficient (Wildman–Crippen LogP) is 2.92. The summed E-state index contributed by atoms with van der Waals surface area (Å²) in [6.45, 7) is 2.13. The zero-order valence-electron chi connectivity index (χ0n) is 8.37. The van der Waals surface area contributed by atoms with Crippen molar-refractivity contribution >= 4 is 11.6 Å². The van der Waals surface area contributed by atoms with Crippen molar-refractivity contribution in [1.29, 1.82) is 0 Å². The van der Waals surface area contributed by atoms with Crippen molar-refractivity contribution in [3.63, 3.8) is 0 Å². The third-order valence-corrected chi connectivity index (χ3v) is 2.97. The summed E-state index contributed by atoms with van der Waals surface area (Å²) in [6, 6.07) is 10.5. The van der Waals surface area contributed by atoms with Gasteiger partial charge in [-0.15, -0.1) is 11.6 Å². The molecular weight excluding hydrogens is 182 g/mol. The Morgan fingerprint density at radius 2 is 1.69 bits per heavy atom. The van der Waals surface area contributed by atoms with Gasteiger partial charge in [-0.2, -0.15) is 0 Å². The third kappa shape index (κ3) is 2.71. The van der Waals surface area contributed by atoms with Crippen LogP contribution in [0.15, 0.2) is 30.3 Å². The van der Waals surface area contributed by atoms with Gasteiger partial charge in [0.2, 0.25) is 0 Å². The Kier molecular flexibility index (Phi) is 3.76. The van der Waals surface area contributed by atoms with Gasteiger partial charge in [-0.25, -0.2) is 0 Å². The topological polar surface area (TPSA) is 3.24 Å². The quantitative estimate of drug-likeness (QED) is 0.674. The lowest BCUT2D eigenvalue weighted by molar-refractivity contribution is 0.306. The smallest absolute Gasteiger partial charge is 0.0737 e. The second kappa shape index (κ2) is 4.64. The monoisotopic (exact) mass is 197 g/mol. The molecule has 0 spiro atoms. The molecule has 0 radical (unpaired) electrons. The van der Waals surface area contributed by atoms with E-state index in [4.69, 9.17) is 11.6 Å². The summed E-state index contributed by atoms with van der Waals surface area (Å²) in [5, 5.41) is 0.0659. The zero-order valence-corrected chi connectivity index (χ0v) is 9.12. The molecule has 72 valence electrons. The summed E-state index contributed by atoms with van der Waals surface area (Å²) < 4.78 is 0. The Balaban J connectivity index is 2.73. The Morgan fingerprint density at radius 1 is 1.15 bits per heavy atom. The van der Waals surface area contributed by atoms with Crippen LogP contribution in [0.1, 0.15) is 17.9 Å². The van der Waals surface area contributed by atoms with Gasteiger partial charge in [0.05, 0.1) is 5.38 Å². The molecule has 2 atom stereocenters. The highest BCUT2D eigenvalue weighted by Gasteiger charge is 2.17. The minimum atomic E-state index is 0.0659. The molecule has 2 heteroatoms. The van der Waals surface area contributed by atoms with Crippen LogP contribution < -0.4 is 0 Å². The van der Waals surface area contributed by atoms with E-state index < -0.39 is 0 Å². The van der Waals surface area contributed by atoms with Gasteiger partial charge in [0.25, 0.3) is 0 Å². The Morgan fingerprint density at radius 3 is 2.15 bits per heavy atom. The van der Waals surface area contributed by atoms with Crippen molar-refractivity contribution in [3.8, 4) is 0 Å². The van der Waals surface area contributed by atoms with Crippen molar-refractivity contribution in [3.05, 3.63) is 35.9 Å². The van der Waals surface area contributed by atoms with Crippen LogP contribution in [0.2, 0.25) is 0 Å². The maximum Gasteiger partial charge on any atom is 0.0737 e. The lowest BCUT2D eigenvalue weighted by Crippen LogP contribution is -2.28. The SMILES string of the molecule is CC([C@H](Cl)c1ccccc1)N(C)C.